The summed E-state index contributed by atoms with van der Waals surface area (Å²) in [7, 11) is 0. The molecule has 0 bridgehead atoms. The Bertz CT molecular complexity index is 514. The average molecular weight is 287 g/mol. The highest BCUT2D eigenvalue weighted by atomic mass is 79.9. The summed E-state index contributed by atoms with van der Waals surface area (Å²) in [5.41, 5.74) is 2.18. The normalized spacial score (nSPS) is 11.8. The number of halogens is 1. The van der Waals surface area contributed by atoms with Gasteiger partial charge in [-0.15, -0.1) is 0 Å². The number of hydrogen-bond acceptors (Lipinski definition) is 2. The van der Waals surface area contributed by atoms with Crippen molar-refractivity contribution in [3.63, 3.8) is 0 Å². The van der Waals surface area contributed by atoms with Gasteiger partial charge in [-0.25, -0.2) is 0 Å². The van der Waals surface area contributed by atoms with Gasteiger partial charge in [0.1, 0.15) is 0 Å². The second kappa shape index (κ2) is 5.60. The number of rotatable bonds is 3. The van der Waals surface area contributed by atoms with Gasteiger partial charge in [-0.2, -0.15) is 5.26 Å². The van der Waals surface area contributed by atoms with Crippen LogP contribution in [0, 0.1) is 11.3 Å². The van der Waals surface area contributed by atoms with Crippen molar-refractivity contribution >= 4 is 15.9 Å². The molecule has 17 heavy (non-hydrogen) atoms. The highest BCUT2D eigenvalue weighted by Crippen LogP contribution is 2.21. The zero-order chi connectivity index (χ0) is 12.1. The van der Waals surface area contributed by atoms with Crippen LogP contribution in [0.25, 0.3) is 0 Å². The molecule has 0 aliphatic heterocycles. The molecule has 1 heterocycles. The van der Waals surface area contributed by atoms with Crippen LogP contribution in [-0.2, 0) is 6.42 Å². The Balaban J connectivity index is 2.18. The Morgan fingerprint density at radius 2 is 1.76 bits per heavy atom. The number of hydrogen-bond donors (Lipinski definition) is 0. The molecule has 2 nitrogen and oxygen atoms in total. The maximum Gasteiger partial charge on any atom is 0.0753 e. The largest absolute Gasteiger partial charge is 0.265 e. The number of benzene rings is 1. The fourth-order valence-corrected chi connectivity index (χ4v) is 1.95. The second-order valence-electron chi connectivity index (χ2n) is 3.79. The van der Waals surface area contributed by atoms with Crippen LogP contribution in [0.15, 0.2) is 53.3 Å². The lowest BCUT2D eigenvalue weighted by Crippen LogP contribution is -2.00. The first-order chi connectivity index (χ1) is 8.29. The van der Waals surface area contributed by atoms with Crippen molar-refractivity contribution in [2.24, 2.45) is 0 Å². The molecule has 0 amide bonds. The predicted octanol–water partition coefficient (Wildman–Crippen LogP) is 3.69. The molecule has 1 atom stereocenters. The minimum absolute atomic E-state index is 0.106. The molecular formula is C14H11BrN2. The molecule has 0 saturated heterocycles. The Kier molecular flexibility index (Phi) is 3.89. The molecule has 0 fully saturated rings. The standard InChI is InChI=1S/C14H11BrN2/c15-14-3-1-12(2-4-14)13(10-16)9-11-5-7-17-8-6-11/h1-8,13H,9H2. The third kappa shape index (κ3) is 3.15. The number of nitrogens with zero attached hydrogens (tertiary/aromatic N) is 2. The van der Waals surface area contributed by atoms with Gasteiger partial charge in [-0.05, 0) is 41.8 Å². The first-order valence-corrected chi connectivity index (χ1v) is 6.13. The SMILES string of the molecule is N#CC(Cc1ccncc1)c1ccc(Br)cc1. The van der Waals surface area contributed by atoms with Crippen molar-refractivity contribution in [1.29, 1.82) is 5.26 Å². The van der Waals surface area contributed by atoms with Crippen molar-refractivity contribution in [2.45, 2.75) is 12.3 Å². The van der Waals surface area contributed by atoms with Gasteiger partial charge < -0.3 is 0 Å². The van der Waals surface area contributed by atoms with Gasteiger partial charge >= 0.3 is 0 Å². The fourth-order valence-electron chi connectivity index (χ4n) is 1.69. The summed E-state index contributed by atoms with van der Waals surface area (Å²) in [5, 5.41) is 9.23. The van der Waals surface area contributed by atoms with Crippen molar-refractivity contribution in [3.8, 4) is 6.07 Å². The Labute approximate surface area is 109 Å². The molecule has 2 aromatic rings. The highest BCUT2D eigenvalue weighted by Gasteiger charge is 2.11. The lowest BCUT2D eigenvalue weighted by molar-refractivity contribution is 0.847. The Hall–Kier alpha value is -1.66. The van der Waals surface area contributed by atoms with E-state index in [2.05, 4.69) is 27.0 Å². The van der Waals surface area contributed by atoms with Gasteiger partial charge in [-0.3, -0.25) is 4.98 Å². The van der Waals surface area contributed by atoms with Gasteiger partial charge in [0, 0.05) is 16.9 Å². The van der Waals surface area contributed by atoms with E-state index in [0.717, 1.165) is 22.0 Å². The first-order valence-electron chi connectivity index (χ1n) is 5.33. The van der Waals surface area contributed by atoms with E-state index in [4.69, 9.17) is 0 Å². The number of aromatic nitrogens is 1. The van der Waals surface area contributed by atoms with Crippen LogP contribution >= 0.6 is 15.9 Å². The quantitative estimate of drug-likeness (QED) is 0.863. The molecule has 1 unspecified atom stereocenters. The summed E-state index contributed by atoms with van der Waals surface area (Å²) >= 11 is 3.39. The van der Waals surface area contributed by atoms with E-state index in [1.54, 1.807) is 12.4 Å². The number of pyridine rings is 1. The van der Waals surface area contributed by atoms with Crippen LogP contribution < -0.4 is 0 Å². The topological polar surface area (TPSA) is 36.7 Å². The van der Waals surface area contributed by atoms with E-state index in [0.29, 0.717) is 0 Å². The van der Waals surface area contributed by atoms with Crippen molar-refractivity contribution in [2.75, 3.05) is 0 Å². The van der Waals surface area contributed by atoms with Gasteiger partial charge in [0.05, 0.1) is 12.0 Å². The summed E-state index contributed by atoms with van der Waals surface area (Å²) in [6, 6.07) is 14.1. The first kappa shape index (κ1) is 11.8. The van der Waals surface area contributed by atoms with Crippen molar-refractivity contribution < 1.29 is 0 Å². The van der Waals surface area contributed by atoms with Crippen LogP contribution in [0.3, 0.4) is 0 Å². The second-order valence-corrected chi connectivity index (χ2v) is 4.71. The van der Waals surface area contributed by atoms with Crippen LogP contribution in [0.5, 0.6) is 0 Å². The minimum Gasteiger partial charge on any atom is -0.265 e. The molecule has 0 aliphatic rings. The summed E-state index contributed by atoms with van der Waals surface area (Å²) in [4.78, 5) is 3.97. The molecule has 1 aromatic heterocycles. The lowest BCUT2D eigenvalue weighted by Gasteiger charge is -2.09. The van der Waals surface area contributed by atoms with E-state index in [9.17, 15) is 5.26 Å². The molecular weight excluding hydrogens is 276 g/mol. The van der Waals surface area contributed by atoms with E-state index in [-0.39, 0.29) is 5.92 Å². The third-order valence-electron chi connectivity index (χ3n) is 2.62. The zero-order valence-corrected chi connectivity index (χ0v) is 10.8. The maximum atomic E-state index is 9.23. The average Bonchev–Trinajstić information content (AvgIpc) is 2.38. The summed E-state index contributed by atoms with van der Waals surface area (Å²) in [6.07, 6.45) is 4.23. The van der Waals surface area contributed by atoms with E-state index in [1.807, 2.05) is 36.4 Å². The number of nitriles is 1. The molecule has 0 N–H and O–H groups in total. The smallest absolute Gasteiger partial charge is 0.0753 e. The Morgan fingerprint density at radius 3 is 2.35 bits per heavy atom. The maximum absolute atomic E-state index is 9.23. The Morgan fingerprint density at radius 1 is 1.12 bits per heavy atom. The van der Waals surface area contributed by atoms with E-state index >= 15 is 0 Å². The molecule has 0 radical (unpaired) electrons. The van der Waals surface area contributed by atoms with Gasteiger partial charge in [0.2, 0.25) is 0 Å². The monoisotopic (exact) mass is 286 g/mol. The third-order valence-corrected chi connectivity index (χ3v) is 3.15. The van der Waals surface area contributed by atoms with Gasteiger partial charge in [-0.1, -0.05) is 28.1 Å². The predicted molar refractivity (Wildman–Crippen MR) is 70.4 cm³/mol. The van der Waals surface area contributed by atoms with E-state index in [1.165, 1.54) is 0 Å². The van der Waals surface area contributed by atoms with E-state index < -0.39 is 0 Å². The van der Waals surface area contributed by atoms with Crippen molar-refractivity contribution in [3.05, 3.63) is 64.4 Å². The fraction of sp³-hybridized carbons (Fsp3) is 0.143. The van der Waals surface area contributed by atoms with Crippen LogP contribution in [0.4, 0.5) is 0 Å². The lowest BCUT2D eigenvalue weighted by atomic mass is 9.94. The zero-order valence-electron chi connectivity index (χ0n) is 9.18. The summed E-state index contributed by atoms with van der Waals surface area (Å²) in [6.45, 7) is 0. The molecule has 0 spiro atoms. The summed E-state index contributed by atoms with van der Waals surface area (Å²) < 4.78 is 1.03. The molecule has 3 heteroatoms. The highest BCUT2D eigenvalue weighted by molar-refractivity contribution is 9.10. The van der Waals surface area contributed by atoms with Gasteiger partial charge in [0.15, 0.2) is 0 Å². The van der Waals surface area contributed by atoms with Crippen LogP contribution in [0.1, 0.15) is 17.0 Å². The summed E-state index contributed by atoms with van der Waals surface area (Å²) in [5.74, 6) is -0.106. The molecule has 2 rings (SSSR count). The molecule has 84 valence electrons. The van der Waals surface area contributed by atoms with Crippen molar-refractivity contribution in [1.82, 2.24) is 4.98 Å². The minimum atomic E-state index is -0.106. The molecule has 0 saturated carbocycles. The van der Waals surface area contributed by atoms with Crippen LogP contribution in [0.2, 0.25) is 0 Å². The molecule has 0 aliphatic carbocycles. The molecule has 1 aromatic carbocycles. The van der Waals surface area contributed by atoms with Crippen LogP contribution in [-0.4, -0.2) is 4.98 Å². The van der Waals surface area contributed by atoms with Gasteiger partial charge in [0.25, 0.3) is 0 Å².